The van der Waals surface area contributed by atoms with E-state index in [2.05, 4.69) is 11.1 Å². The summed E-state index contributed by atoms with van der Waals surface area (Å²) in [5, 5.41) is 0.409. The first-order valence-electron chi connectivity index (χ1n) is 12.1. The van der Waals surface area contributed by atoms with Crippen molar-refractivity contribution in [3.05, 3.63) is 109 Å². The van der Waals surface area contributed by atoms with Gasteiger partial charge in [-0.25, -0.2) is 4.90 Å². The van der Waals surface area contributed by atoms with Crippen molar-refractivity contribution in [2.75, 3.05) is 4.90 Å². The summed E-state index contributed by atoms with van der Waals surface area (Å²) in [5.41, 5.74) is 4.39. The monoisotopic (exact) mass is 562 g/mol. The Hall–Kier alpha value is -3.33. The minimum atomic E-state index is -0.715. The maximum Gasteiger partial charge on any atom is 0.305 e. The van der Waals surface area contributed by atoms with Crippen LogP contribution in [0.2, 0.25) is 5.02 Å². The molecule has 1 aromatic heterocycles. The molecule has 0 spiro atoms. The predicted molar refractivity (Wildman–Crippen MR) is 151 cm³/mol. The van der Waals surface area contributed by atoms with Crippen molar-refractivity contribution in [2.24, 2.45) is 5.92 Å². The van der Waals surface area contributed by atoms with E-state index in [9.17, 15) is 14.4 Å². The molecule has 1 saturated heterocycles. The lowest BCUT2D eigenvalue weighted by Gasteiger charge is -2.31. The van der Waals surface area contributed by atoms with E-state index >= 15 is 0 Å². The van der Waals surface area contributed by atoms with E-state index in [1.165, 1.54) is 16.7 Å². The lowest BCUT2D eigenvalue weighted by Crippen LogP contribution is -2.32. The third-order valence-electron chi connectivity index (χ3n) is 6.90. The number of aryl methyl sites for hydroxylation is 2. The fourth-order valence-corrected chi connectivity index (χ4v) is 7.84. The molecule has 0 bridgehead atoms. The summed E-state index contributed by atoms with van der Waals surface area (Å²) in [5.74, 6) is -1.31. The van der Waals surface area contributed by atoms with Crippen molar-refractivity contribution < 1.29 is 14.3 Å². The van der Waals surface area contributed by atoms with Crippen LogP contribution < -0.4 is 14.5 Å². The number of thioether (sulfide) groups is 1. The molecule has 2 aliphatic rings. The lowest BCUT2D eigenvalue weighted by atomic mass is 9.82. The first kappa shape index (κ1) is 25.0. The van der Waals surface area contributed by atoms with E-state index in [1.807, 2.05) is 44.2 Å². The van der Waals surface area contributed by atoms with Gasteiger partial charge in [0.15, 0.2) is 0 Å². The van der Waals surface area contributed by atoms with E-state index < -0.39 is 17.1 Å². The first-order chi connectivity index (χ1) is 18.3. The number of aromatic nitrogens is 1. The van der Waals surface area contributed by atoms with Gasteiger partial charge in [-0.05, 0) is 49.7 Å². The Balaban J connectivity index is 1.45. The number of fused-ring (bicyclic) bond motifs is 2. The van der Waals surface area contributed by atoms with Crippen molar-refractivity contribution >= 4 is 52.2 Å². The molecule has 38 heavy (non-hydrogen) atoms. The number of nitrogens with zero attached hydrogens (tertiary/aromatic N) is 1. The highest BCUT2D eigenvalue weighted by Gasteiger charge is 2.56. The fraction of sp³-hybridized carbons (Fsp3) is 0.207. The maximum atomic E-state index is 14.0. The maximum absolute atomic E-state index is 14.0. The van der Waals surface area contributed by atoms with Crippen molar-refractivity contribution in [2.45, 2.75) is 36.6 Å². The molecule has 6 nitrogen and oxygen atoms in total. The van der Waals surface area contributed by atoms with E-state index in [0.29, 0.717) is 33.7 Å². The number of hydrogen-bond acceptors (Lipinski definition) is 6. The van der Waals surface area contributed by atoms with Crippen LogP contribution in [-0.4, -0.2) is 22.0 Å². The van der Waals surface area contributed by atoms with Crippen LogP contribution in [0.5, 0.6) is 5.75 Å². The molecular formula is C29H23ClN2O4S2. The Morgan fingerprint density at radius 1 is 0.947 bits per heavy atom. The molecule has 2 aliphatic heterocycles. The summed E-state index contributed by atoms with van der Waals surface area (Å²) in [4.78, 5) is 44.7. The molecule has 1 fully saturated rings. The number of amides is 2. The molecule has 3 heterocycles. The van der Waals surface area contributed by atoms with Crippen molar-refractivity contribution in [1.82, 2.24) is 4.98 Å². The van der Waals surface area contributed by atoms with Gasteiger partial charge in [0.2, 0.25) is 11.8 Å². The van der Waals surface area contributed by atoms with Crippen molar-refractivity contribution in [1.29, 1.82) is 0 Å². The molecule has 3 unspecified atom stereocenters. The van der Waals surface area contributed by atoms with Gasteiger partial charge in [-0.2, -0.15) is 0 Å². The highest BCUT2D eigenvalue weighted by molar-refractivity contribution is 8.00. The zero-order valence-electron chi connectivity index (χ0n) is 20.6. The second kappa shape index (κ2) is 9.76. The van der Waals surface area contributed by atoms with Gasteiger partial charge in [-0.1, -0.05) is 82.2 Å². The van der Waals surface area contributed by atoms with Crippen LogP contribution in [0.25, 0.3) is 0 Å². The summed E-state index contributed by atoms with van der Waals surface area (Å²) < 4.78 is 6.28. The Morgan fingerprint density at radius 3 is 2.50 bits per heavy atom. The number of nitrogens with one attached hydrogen (secondary N) is 1. The Morgan fingerprint density at radius 2 is 1.74 bits per heavy atom. The molecular weight excluding hydrogens is 540 g/mol. The molecule has 3 aromatic carbocycles. The van der Waals surface area contributed by atoms with E-state index in [-0.39, 0.29) is 16.7 Å². The van der Waals surface area contributed by atoms with Gasteiger partial charge >= 0.3 is 4.87 Å². The average Bonchev–Trinajstić information content (AvgIpc) is 3.38. The van der Waals surface area contributed by atoms with Crippen LogP contribution >= 0.6 is 34.7 Å². The van der Waals surface area contributed by atoms with Crippen LogP contribution in [0, 0.1) is 19.8 Å². The topological polar surface area (TPSA) is 79.5 Å². The van der Waals surface area contributed by atoms with E-state index in [0.717, 1.165) is 32.9 Å². The fourth-order valence-electron chi connectivity index (χ4n) is 5.16. The predicted octanol–water partition coefficient (Wildman–Crippen LogP) is 6.08. The van der Waals surface area contributed by atoms with E-state index in [4.69, 9.17) is 16.3 Å². The Kier molecular flexibility index (Phi) is 6.42. The number of ether oxygens (including phenoxy) is 1. The summed E-state index contributed by atoms with van der Waals surface area (Å²) in [6.07, 6.45) is 0. The minimum absolute atomic E-state index is 0.230. The smallest absolute Gasteiger partial charge is 0.305 e. The molecule has 0 radical (unpaired) electrons. The number of rotatable bonds is 5. The Labute approximate surface area is 232 Å². The third kappa shape index (κ3) is 4.36. The molecule has 0 aliphatic carbocycles. The summed E-state index contributed by atoms with van der Waals surface area (Å²) >= 11 is 8.78. The van der Waals surface area contributed by atoms with Crippen molar-refractivity contribution in [3.63, 3.8) is 0 Å². The van der Waals surface area contributed by atoms with Crippen LogP contribution in [0.4, 0.5) is 5.69 Å². The molecule has 192 valence electrons. The largest absolute Gasteiger partial charge is 0.489 e. The SMILES string of the molecule is Cc1ccc(N2C(=O)C3Sc4[nH]c(=O)sc4C(c4cc(Cl)ccc4OCc4cccc(C)c4)C3C2=O)cc1. The third-order valence-corrected chi connectivity index (χ3v) is 9.54. The number of imide groups is 1. The van der Waals surface area contributed by atoms with E-state index in [1.54, 1.807) is 30.3 Å². The average molecular weight is 563 g/mol. The number of carbonyl (C=O) groups is 2. The molecule has 4 aromatic rings. The van der Waals surface area contributed by atoms with Gasteiger partial charge < -0.3 is 9.72 Å². The summed E-state index contributed by atoms with van der Waals surface area (Å²) in [7, 11) is 0. The molecule has 1 N–H and O–H groups in total. The number of anilines is 1. The molecule has 3 atom stereocenters. The van der Waals surface area contributed by atoms with Crippen LogP contribution in [-0.2, 0) is 16.2 Å². The first-order valence-corrected chi connectivity index (χ1v) is 14.2. The molecule has 2 amide bonds. The number of benzene rings is 3. The van der Waals surface area contributed by atoms with Gasteiger partial charge in [-0.15, -0.1) is 0 Å². The van der Waals surface area contributed by atoms with Crippen LogP contribution in [0.3, 0.4) is 0 Å². The van der Waals surface area contributed by atoms with Crippen molar-refractivity contribution in [3.8, 4) is 5.75 Å². The molecule has 9 heteroatoms. The van der Waals surface area contributed by atoms with Gasteiger partial charge in [-0.3, -0.25) is 14.4 Å². The standard InChI is InChI=1S/C29H23ClN2O4S2/c1-15-6-9-19(10-7-15)32-27(33)23-22(24-26(31-29(35)38-24)37-25(23)28(32)34)20-13-18(30)8-11-21(20)36-14-17-5-3-4-16(2)12-17/h3-13,22-23,25H,14H2,1-2H3,(H,31,35). The highest BCUT2D eigenvalue weighted by Crippen LogP contribution is 2.54. The number of halogens is 1. The normalized spacial score (nSPS) is 20.4. The molecule has 6 rings (SSSR count). The number of aromatic amines is 1. The van der Waals surface area contributed by atoms with Crippen LogP contribution in [0.1, 0.15) is 33.0 Å². The molecule has 0 saturated carbocycles. The number of H-pyrrole nitrogens is 1. The summed E-state index contributed by atoms with van der Waals surface area (Å²) in [6, 6.07) is 20.7. The quantitative estimate of drug-likeness (QED) is 0.298. The minimum Gasteiger partial charge on any atom is -0.489 e. The van der Waals surface area contributed by atoms with Gasteiger partial charge in [0.05, 0.1) is 16.6 Å². The Bertz CT molecular complexity index is 1630. The second-order valence-corrected chi connectivity index (χ2v) is 12.2. The zero-order chi connectivity index (χ0) is 26.6. The number of thiazole rings is 1. The van der Waals surface area contributed by atoms with Gasteiger partial charge in [0.1, 0.15) is 17.6 Å². The number of carbonyl (C=O) groups excluding carboxylic acids is 2. The lowest BCUT2D eigenvalue weighted by molar-refractivity contribution is -0.122. The van der Waals surface area contributed by atoms with Gasteiger partial charge in [0, 0.05) is 21.4 Å². The number of hydrogen-bond donors (Lipinski definition) is 1. The van der Waals surface area contributed by atoms with Gasteiger partial charge in [0.25, 0.3) is 0 Å². The zero-order valence-corrected chi connectivity index (χ0v) is 23.0. The van der Waals surface area contributed by atoms with Crippen LogP contribution in [0.15, 0.2) is 76.6 Å². The second-order valence-electron chi connectivity index (χ2n) is 9.56. The highest BCUT2D eigenvalue weighted by atomic mass is 35.5. The summed E-state index contributed by atoms with van der Waals surface area (Å²) in [6.45, 7) is 4.30.